The molecule has 1 aliphatic rings. The first-order valence-electron chi connectivity index (χ1n) is 10.4. The maximum absolute atomic E-state index is 13.2. The van der Waals surface area contributed by atoms with Gasteiger partial charge in [-0.05, 0) is 28.5 Å². The third-order valence-electron chi connectivity index (χ3n) is 5.75. The predicted molar refractivity (Wildman–Crippen MR) is 123 cm³/mol. The van der Waals surface area contributed by atoms with Crippen LogP contribution in [0.25, 0.3) is 10.8 Å². The largest absolute Gasteiger partial charge is 0.497 e. The highest BCUT2D eigenvalue weighted by Crippen LogP contribution is 2.31. The summed E-state index contributed by atoms with van der Waals surface area (Å²) in [7, 11) is -0.860. The number of ether oxygens (including phenoxy) is 2. The summed E-state index contributed by atoms with van der Waals surface area (Å²) < 4.78 is 38.3. The van der Waals surface area contributed by atoms with Gasteiger partial charge in [0.05, 0.1) is 20.6 Å². The highest BCUT2D eigenvalue weighted by atomic mass is 32.2. The van der Waals surface area contributed by atoms with Gasteiger partial charge < -0.3 is 14.4 Å². The van der Waals surface area contributed by atoms with Gasteiger partial charge in [0.1, 0.15) is 16.4 Å². The summed E-state index contributed by atoms with van der Waals surface area (Å²) in [6, 6.07) is 18.7. The Balaban J connectivity index is 1.43. The number of fused-ring (bicyclic) bond motifs is 1. The van der Waals surface area contributed by atoms with Crippen LogP contribution in [0.15, 0.2) is 65.6 Å². The van der Waals surface area contributed by atoms with E-state index in [1.54, 1.807) is 17.0 Å². The van der Waals surface area contributed by atoms with Crippen molar-refractivity contribution in [2.75, 3.05) is 40.4 Å². The lowest BCUT2D eigenvalue weighted by Crippen LogP contribution is -2.50. The topological polar surface area (TPSA) is 76.2 Å². The van der Waals surface area contributed by atoms with E-state index in [0.29, 0.717) is 25.3 Å². The first-order valence-corrected chi connectivity index (χ1v) is 11.8. The summed E-state index contributed by atoms with van der Waals surface area (Å²) in [5.74, 6) is 0.700. The summed E-state index contributed by atoms with van der Waals surface area (Å²) in [5.41, 5.74) is 0.949. The zero-order chi connectivity index (χ0) is 22.7. The van der Waals surface area contributed by atoms with Crippen molar-refractivity contribution in [3.05, 3.63) is 66.2 Å². The van der Waals surface area contributed by atoms with E-state index in [9.17, 15) is 13.2 Å². The average Bonchev–Trinajstić information content (AvgIpc) is 2.83. The Morgan fingerprint density at radius 2 is 1.59 bits per heavy atom. The van der Waals surface area contributed by atoms with Crippen LogP contribution < -0.4 is 9.47 Å². The van der Waals surface area contributed by atoms with Crippen molar-refractivity contribution in [3.63, 3.8) is 0 Å². The van der Waals surface area contributed by atoms with Crippen LogP contribution in [0.2, 0.25) is 0 Å². The summed E-state index contributed by atoms with van der Waals surface area (Å²) in [5, 5.41) is 2.23. The molecule has 0 N–H and O–H groups in total. The lowest BCUT2D eigenvalue weighted by atomic mass is 10.0. The van der Waals surface area contributed by atoms with Gasteiger partial charge in [-0.3, -0.25) is 4.79 Å². The minimum absolute atomic E-state index is 0.00344. The monoisotopic (exact) mass is 454 g/mol. The van der Waals surface area contributed by atoms with Gasteiger partial charge in [0, 0.05) is 32.2 Å². The molecule has 0 radical (unpaired) electrons. The molecule has 0 aliphatic carbocycles. The molecule has 3 aromatic carbocycles. The summed E-state index contributed by atoms with van der Waals surface area (Å²) >= 11 is 0. The Morgan fingerprint density at radius 3 is 2.28 bits per heavy atom. The van der Waals surface area contributed by atoms with Gasteiger partial charge in [0.15, 0.2) is 0 Å². The average molecular weight is 455 g/mol. The van der Waals surface area contributed by atoms with Crippen molar-refractivity contribution < 1.29 is 22.7 Å². The lowest BCUT2D eigenvalue weighted by Gasteiger charge is -2.34. The number of rotatable bonds is 6. The minimum Gasteiger partial charge on any atom is -0.497 e. The van der Waals surface area contributed by atoms with Crippen LogP contribution in [0.4, 0.5) is 0 Å². The number of methoxy groups -OCH3 is 2. The summed E-state index contributed by atoms with van der Waals surface area (Å²) in [6.45, 7) is 1.15. The van der Waals surface area contributed by atoms with Gasteiger partial charge in [-0.1, -0.05) is 42.5 Å². The molecule has 3 aromatic rings. The van der Waals surface area contributed by atoms with Crippen molar-refractivity contribution >= 4 is 26.7 Å². The standard InChI is InChI=1S/C24H26N2O5S/c1-30-21-9-10-22(31-2)23(17-21)32(28,29)26-13-11-25(12-14-26)24(27)16-18-7-8-19-5-3-4-6-20(19)15-18/h3-10,15,17H,11-14,16H2,1-2H3. The van der Waals surface area contributed by atoms with Gasteiger partial charge in [-0.2, -0.15) is 4.31 Å². The number of hydrogen-bond acceptors (Lipinski definition) is 5. The van der Waals surface area contributed by atoms with E-state index in [0.717, 1.165) is 16.3 Å². The maximum Gasteiger partial charge on any atom is 0.247 e. The van der Waals surface area contributed by atoms with Crippen LogP contribution in [0.5, 0.6) is 11.5 Å². The van der Waals surface area contributed by atoms with Crippen molar-refractivity contribution in [2.24, 2.45) is 0 Å². The van der Waals surface area contributed by atoms with Gasteiger partial charge in [-0.25, -0.2) is 8.42 Å². The molecule has 8 heteroatoms. The summed E-state index contributed by atoms with van der Waals surface area (Å²) in [6.07, 6.45) is 0.293. The Bertz CT molecular complexity index is 1230. The second-order valence-corrected chi connectivity index (χ2v) is 9.57. The fourth-order valence-electron chi connectivity index (χ4n) is 3.94. The van der Waals surface area contributed by atoms with E-state index in [4.69, 9.17) is 9.47 Å². The molecular weight excluding hydrogens is 428 g/mol. The van der Waals surface area contributed by atoms with E-state index in [-0.39, 0.29) is 29.6 Å². The number of sulfonamides is 1. The van der Waals surface area contributed by atoms with E-state index in [1.807, 2.05) is 42.5 Å². The van der Waals surface area contributed by atoms with Crippen molar-refractivity contribution in [3.8, 4) is 11.5 Å². The molecule has 1 heterocycles. The van der Waals surface area contributed by atoms with Crippen LogP contribution in [0.1, 0.15) is 5.56 Å². The highest BCUT2D eigenvalue weighted by Gasteiger charge is 2.32. The smallest absolute Gasteiger partial charge is 0.247 e. The number of hydrogen-bond donors (Lipinski definition) is 0. The van der Waals surface area contributed by atoms with Gasteiger partial charge in [0.2, 0.25) is 15.9 Å². The molecule has 0 spiro atoms. The van der Waals surface area contributed by atoms with E-state index in [1.165, 1.54) is 24.6 Å². The third kappa shape index (κ3) is 4.42. The fourth-order valence-corrected chi connectivity index (χ4v) is 5.53. The van der Waals surface area contributed by atoms with Gasteiger partial charge >= 0.3 is 0 Å². The molecule has 0 saturated carbocycles. The molecule has 0 unspecified atom stereocenters. The molecule has 0 aromatic heterocycles. The predicted octanol–water partition coefficient (Wildman–Crippen LogP) is 2.93. The number of piperazine rings is 1. The SMILES string of the molecule is COc1ccc(OC)c(S(=O)(=O)N2CCN(C(=O)Cc3ccc4ccccc4c3)CC2)c1. The van der Waals surface area contributed by atoms with E-state index >= 15 is 0 Å². The molecule has 4 rings (SSSR count). The number of benzene rings is 3. The normalized spacial score (nSPS) is 15.0. The van der Waals surface area contributed by atoms with Gasteiger partial charge in [0.25, 0.3) is 0 Å². The van der Waals surface area contributed by atoms with Crippen molar-refractivity contribution in [1.82, 2.24) is 9.21 Å². The molecule has 1 fully saturated rings. The molecule has 0 atom stereocenters. The van der Waals surface area contributed by atoms with E-state index < -0.39 is 10.0 Å². The third-order valence-corrected chi connectivity index (χ3v) is 7.67. The molecule has 0 bridgehead atoms. The second kappa shape index (κ2) is 9.18. The fraction of sp³-hybridized carbons (Fsp3) is 0.292. The zero-order valence-electron chi connectivity index (χ0n) is 18.2. The van der Waals surface area contributed by atoms with Crippen LogP contribution in [-0.2, 0) is 21.2 Å². The van der Waals surface area contributed by atoms with Crippen molar-refractivity contribution in [1.29, 1.82) is 0 Å². The second-order valence-electron chi connectivity index (χ2n) is 7.66. The number of amides is 1. The molecule has 1 amide bonds. The molecule has 32 heavy (non-hydrogen) atoms. The van der Waals surface area contributed by atoms with E-state index in [2.05, 4.69) is 0 Å². The molecule has 7 nitrogen and oxygen atoms in total. The molecular formula is C24H26N2O5S. The summed E-state index contributed by atoms with van der Waals surface area (Å²) in [4.78, 5) is 14.6. The Kier molecular flexibility index (Phi) is 6.34. The first-order chi connectivity index (χ1) is 15.4. The van der Waals surface area contributed by atoms with Crippen LogP contribution >= 0.6 is 0 Å². The van der Waals surface area contributed by atoms with Crippen LogP contribution in [0, 0.1) is 0 Å². The van der Waals surface area contributed by atoms with Crippen LogP contribution in [-0.4, -0.2) is 63.9 Å². The molecule has 168 valence electrons. The first kappa shape index (κ1) is 22.1. The Morgan fingerprint density at radius 1 is 0.875 bits per heavy atom. The van der Waals surface area contributed by atoms with Crippen LogP contribution in [0.3, 0.4) is 0 Å². The zero-order valence-corrected chi connectivity index (χ0v) is 19.0. The number of carbonyl (C=O) groups excluding carboxylic acids is 1. The number of nitrogens with zero attached hydrogens (tertiary/aromatic N) is 2. The maximum atomic E-state index is 13.2. The lowest BCUT2D eigenvalue weighted by molar-refractivity contribution is -0.131. The van der Waals surface area contributed by atoms with Crippen molar-refractivity contribution in [2.45, 2.75) is 11.3 Å². The van der Waals surface area contributed by atoms with Gasteiger partial charge in [-0.15, -0.1) is 0 Å². The minimum atomic E-state index is -3.78. The molecule has 1 aliphatic heterocycles. The quantitative estimate of drug-likeness (QED) is 0.573. The molecule has 1 saturated heterocycles. The number of carbonyl (C=O) groups is 1. The Labute approximate surface area is 188 Å². The Hall–Kier alpha value is -3.10. The highest BCUT2D eigenvalue weighted by molar-refractivity contribution is 7.89.